The van der Waals surface area contributed by atoms with E-state index < -0.39 is 17.4 Å². The highest BCUT2D eigenvalue weighted by atomic mass is 16.5. The van der Waals surface area contributed by atoms with Gasteiger partial charge in [-0.15, -0.1) is 0 Å². The third kappa shape index (κ3) is 5.40. The Kier molecular flexibility index (Phi) is 5.70. The van der Waals surface area contributed by atoms with Crippen LogP contribution >= 0.6 is 0 Å². The number of carboxylic acids is 1. The molecular weight excluding hydrogens is 258 g/mol. The number of carboxylic acid groups (broad SMARTS) is 1. The van der Waals surface area contributed by atoms with Crippen molar-refractivity contribution in [3.05, 3.63) is 35.9 Å². The van der Waals surface area contributed by atoms with Gasteiger partial charge < -0.3 is 15.2 Å². The summed E-state index contributed by atoms with van der Waals surface area (Å²) in [6, 6.07) is 8.41. The Labute approximate surface area is 118 Å². The first-order valence-corrected chi connectivity index (χ1v) is 6.46. The second-order valence-electron chi connectivity index (χ2n) is 5.62. The molecule has 0 aliphatic heterocycles. The molecule has 5 nitrogen and oxygen atoms in total. The van der Waals surface area contributed by atoms with E-state index in [0.717, 1.165) is 5.56 Å². The molecule has 0 radical (unpaired) electrons. The zero-order valence-corrected chi connectivity index (χ0v) is 12.1. The maximum atomic E-state index is 11.8. The van der Waals surface area contributed by atoms with Gasteiger partial charge in [-0.2, -0.15) is 0 Å². The maximum absolute atomic E-state index is 11.8. The number of nitrogens with one attached hydrogen (secondary N) is 1. The summed E-state index contributed by atoms with van der Waals surface area (Å²) < 4.78 is 5.36. The number of benzene rings is 1. The molecule has 1 rings (SSSR count). The van der Waals surface area contributed by atoms with E-state index in [1.807, 2.05) is 30.3 Å². The van der Waals surface area contributed by atoms with E-state index in [1.165, 1.54) is 0 Å². The predicted molar refractivity (Wildman–Crippen MR) is 75.1 cm³/mol. The minimum atomic E-state index is -1.10. The first-order valence-electron chi connectivity index (χ1n) is 6.46. The highest BCUT2D eigenvalue weighted by Crippen LogP contribution is 2.13. The highest BCUT2D eigenvalue weighted by molar-refractivity contribution is 5.86. The summed E-state index contributed by atoms with van der Waals surface area (Å²) in [5.74, 6) is -1.41. The normalized spacial score (nSPS) is 12.8. The van der Waals surface area contributed by atoms with Gasteiger partial charge in [0.2, 0.25) is 5.91 Å². The number of amides is 1. The smallest absolute Gasteiger partial charge is 0.328 e. The number of ether oxygens (including phenoxy) is 1. The molecule has 5 heteroatoms. The van der Waals surface area contributed by atoms with Gasteiger partial charge in [0.1, 0.15) is 0 Å². The summed E-state index contributed by atoms with van der Waals surface area (Å²) in [5, 5.41) is 11.6. The van der Waals surface area contributed by atoms with Crippen molar-refractivity contribution in [2.75, 3.05) is 6.61 Å². The molecule has 0 heterocycles. The lowest BCUT2D eigenvalue weighted by molar-refractivity contribution is -0.145. The Morgan fingerprint density at radius 3 is 2.35 bits per heavy atom. The lowest BCUT2D eigenvalue weighted by atomic mass is 9.95. The van der Waals surface area contributed by atoms with Crippen molar-refractivity contribution in [3.8, 4) is 0 Å². The van der Waals surface area contributed by atoms with Crippen molar-refractivity contribution in [1.82, 2.24) is 5.32 Å². The molecule has 0 aliphatic carbocycles. The number of carbonyl (C=O) groups is 2. The summed E-state index contributed by atoms with van der Waals surface area (Å²) in [4.78, 5) is 22.9. The molecule has 0 fully saturated rings. The first kappa shape index (κ1) is 16.2. The highest BCUT2D eigenvalue weighted by Gasteiger charge is 2.27. The molecule has 1 aromatic rings. The van der Waals surface area contributed by atoms with Crippen molar-refractivity contribution in [1.29, 1.82) is 0 Å². The number of hydrogen-bond acceptors (Lipinski definition) is 3. The second-order valence-corrected chi connectivity index (χ2v) is 5.62. The third-order valence-corrected chi connectivity index (χ3v) is 2.68. The van der Waals surface area contributed by atoms with E-state index in [0.29, 0.717) is 6.61 Å². The molecule has 20 heavy (non-hydrogen) atoms. The molecule has 0 aromatic heterocycles. The van der Waals surface area contributed by atoms with Crippen LogP contribution in [0.15, 0.2) is 30.3 Å². The summed E-state index contributed by atoms with van der Waals surface area (Å²) in [6.45, 7) is 5.44. The van der Waals surface area contributed by atoms with Gasteiger partial charge in [-0.3, -0.25) is 4.79 Å². The van der Waals surface area contributed by atoms with Crippen LogP contribution in [0, 0.1) is 5.41 Å². The lowest BCUT2D eigenvalue weighted by Gasteiger charge is -2.21. The van der Waals surface area contributed by atoms with Crippen molar-refractivity contribution in [2.24, 2.45) is 5.41 Å². The van der Waals surface area contributed by atoms with Crippen LogP contribution in [-0.2, 0) is 20.9 Å². The molecule has 0 unspecified atom stereocenters. The van der Waals surface area contributed by atoms with Crippen molar-refractivity contribution >= 4 is 11.9 Å². The first-order chi connectivity index (χ1) is 9.30. The molecule has 2 N–H and O–H groups in total. The van der Waals surface area contributed by atoms with E-state index in [2.05, 4.69) is 5.32 Å². The molecule has 0 aliphatic rings. The largest absolute Gasteiger partial charge is 0.480 e. The summed E-state index contributed by atoms with van der Waals surface area (Å²) in [7, 11) is 0. The molecule has 1 aromatic carbocycles. The summed E-state index contributed by atoms with van der Waals surface area (Å²) in [5.41, 5.74) is 0.325. The van der Waals surface area contributed by atoms with Crippen LogP contribution in [0.25, 0.3) is 0 Å². The minimum absolute atomic E-state index is 0.0634. The fraction of sp³-hybridized carbons (Fsp3) is 0.467. The summed E-state index contributed by atoms with van der Waals surface area (Å²) in [6.07, 6.45) is 0. The predicted octanol–water partition coefficient (Wildman–Crippen LogP) is 1.82. The van der Waals surface area contributed by atoms with Crippen molar-refractivity contribution in [3.63, 3.8) is 0 Å². The van der Waals surface area contributed by atoms with Gasteiger partial charge in [0.05, 0.1) is 13.2 Å². The molecule has 0 saturated carbocycles. The standard InChI is InChI=1S/C15H21NO4/c1-15(2,3)14(19)16-12(13(17)18)10-20-9-11-7-5-4-6-8-11/h4-8,12H,9-10H2,1-3H3,(H,16,19)(H,17,18)/t12-/m0/s1. The molecule has 0 spiro atoms. The molecule has 110 valence electrons. The van der Waals surface area contributed by atoms with Crippen LogP contribution in [0.3, 0.4) is 0 Å². The van der Waals surface area contributed by atoms with Crippen LogP contribution < -0.4 is 5.32 Å². The van der Waals surface area contributed by atoms with E-state index in [-0.39, 0.29) is 12.5 Å². The number of carbonyl (C=O) groups excluding carboxylic acids is 1. The number of aliphatic carboxylic acids is 1. The number of hydrogen-bond donors (Lipinski definition) is 2. The maximum Gasteiger partial charge on any atom is 0.328 e. The van der Waals surface area contributed by atoms with E-state index in [9.17, 15) is 9.59 Å². The van der Waals surface area contributed by atoms with Crippen LogP contribution in [0.4, 0.5) is 0 Å². The Bertz CT molecular complexity index is 451. The molecule has 1 atom stereocenters. The van der Waals surface area contributed by atoms with Crippen LogP contribution in [-0.4, -0.2) is 29.6 Å². The Hall–Kier alpha value is -1.88. The fourth-order valence-electron chi connectivity index (χ4n) is 1.42. The van der Waals surface area contributed by atoms with E-state index >= 15 is 0 Å². The SMILES string of the molecule is CC(C)(C)C(=O)N[C@@H](COCc1ccccc1)C(=O)O. The Balaban J connectivity index is 2.48. The lowest BCUT2D eigenvalue weighted by Crippen LogP contribution is -2.48. The third-order valence-electron chi connectivity index (χ3n) is 2.68. The quantitative estimate of drug-likeness (QED) is 0.833. The van der Waals surface area contributed by atoms with Gasteiger partial charge in [-0.05, 0) is 5.56 Å². The Morgan fingerprint density at radius 2 is 1.85 bits per heavy atom. The van der Waals surface area contributed by atoms with Crippen molar-refractivity contribution < 1.29 is 19.4 Å². The van der Waals surface area contributed by atoms with Gasteiger partial charge in [-0.1, -0.05) is 51.1 Å². The topological polar surface area (TPSA) is 75.6 Å². The van der Waals surface area contributed by atoms with Gasteiger partial charge in [-0.25, -0.2) is 4.79 Å². The van der Waals surface area contributed by atoms with Gasteiger partial charge in [0, 0.05) is 5.41 Å². The zero-order chi connectivity index (χ0) is 15.2. The van der Waals surface area contributed by atoms with Crippen LogP contribution in [0.1, 0.15) is 26.3 Å². The Morgan fingerprint density at radius 1 is 1.25 bits per heavy atom. The van der Waals surface area contributed by atoms with Gasteiger partial charge >= 0.3 is 5.97 Å². The second kappa shape index (κ2) is 7.05. The molecular formula is C15H21NO4. The van der Waals surface area contributed by atoms with E-state index in [1.54, 1.807) is 20.8 Å². The average molecular weight is 279 g/mol. The van der Waals surface area contributed by atoms with Gasteiger partial charge in [0.25, 0.3) is 0 Å². The minimum Gasteiger partial charge on any atom is -0.480 e. The van der Waals surface area contributed by atoms with E-state index in [4.69, 9.17) is 9.84 Å². The molecule has 0 bridgehead atoms. The number of rotatable bonds is 6. The fourth-order valence-corrected chi connectivity index (χ4v) is 1.42. The molecule has 0 saturated heterocycles. The van der Waals surface area contributed by atoms with Crippen LogP contribution in [0.2, 0.25) is 0 Å². The van der Waals surface area contributed by atoms with Crippen molar-refractivity contribution in [2.45, 2.75) is 33.4 Å². The summed E-state index contributed by atoms with van der Waals surface area (Å²) >= 11 is 0. The van der Waals surface area contributed by atoms with Gasteiger partial charge in [0.15, 0.2) is 6.04 Å². The monoisotopic (exact) mass is 279 g/mol. The average Bonchev–Trinajstić information content (AvgIpc) is 2.37. The zero-order valence-electron chi connectivity index (χ0n) is 12.1. The van der Waals surface area contributed by atoms with Crippen LogP contribution in [0.5, 0.6) is 0 Å². The molecule has 1 amide bonds.